The summed E-state index contributed by atoms with van der Waals surface area (Å²) in [6.45, 7) is 3.26. The Hall–Kier alpha value is -3.22. The molecule has 0 atom stereocenters. The van der Waals surface area contributed by atoms with E-state index in [4.69, 9.17) is 23.4 Å². The number of benzene rings is 2. The van der Waals surface area contributed by atoms with Gasteiger partial charge in [0.1, 0.15) is 11.5 Å². The average Bonchev–Trinajstić information content (AvgIpc) is 3.36. The molecule has 0 radical (unpaired) electrons. The van der Waals surface area contributed by atoms with Gasteiger partial charge in [-0.2, -0.15) is 0 Å². The second-order valence-electron chi connectivity index (χ2n) is 6.03. The lowest BCUT2D eigenvalue weighted by Crippen LogP contribution is -1.96. The Balaban J connectivity index is 1.35. The molecule has 1 aliphatic rings. The lowest BCUT2D eigenvalue weighted by atomic mass is 10.2. The fourth-order valence-corrected chi connectivity index (χ4v) is 2.57. The maximum Gasteiger partial charge on any atom is 0.254 e. The molecule has 0 saturated carbocycles. The van der Waals surface area contributed by atoms with Crippen molar-refractivity contribution >= 4 is 0 Å². The first-order valence-electron chi connectivity index (χ1n) is 8.90. The number of rotatable bonds is 8. The Morgan fingerprint density at radius 3 is 2.59 bits per heavy atom. The van der Waals surface area contributed by atoms with Crippen LogP contribution in [0.25, 0.3) is 11.5 Å². The monoisotopic (exact) mass is 368 g/mol. The Kier molecular flexibility index (Phi) is 5.09. The van der Waals surface area contributed by atoms with Crippen molar-refractivity contribution in [2.45, 2.75) is 26.4 Å². The molecule has 0 N–H and O–H groups in total. The van der Waals surface area contributed by atoms with Crippen LogP contribution < -0.4 is 18.9 Å². The quantitative estimate of drug-likeness (QED) is 0.551. The highest BCUT2D eigenvalue weighted by molar-refractivity contribution is 5.54. The minimum Gasteiger partial charge on any atom is -0.494 e. The number of unbranched alkanes of at least 4 members (excludes halogenated alkanes) is 1. The topological polar surface area (TPSA) is 75.8 Å². The average molecular weight is 368 g/mol. The Labute approximate surface area is 156 Å². The van der Waals surface area contributed by atoms with Crippen molar-refractivity contribution in [3.05, 3.63) is 48.4 Å². The molecule has 3 aromatic rings. The van der Waals surface area contributed by atoms with Gasteiger partial charge < -0.3 is 23.4 Å². The van der Waals surface area contributed by atoms with E-state index in [1.54, 1.807) is 12.1 Å². The number of fused-ring (bicyclic) bond motifs is 1. The summed E-state index contributed by atoms with van der Waals surface area (Å²) < 4.78 is 27.6. The van der Waals surface area contributed by atoms with Crippen LogP contribution in [0.2, 0.25) is 0 Å². The van der Waals surface area contributed by atoms with E-state index in [2.05, 4.69) is 17.1 Å². The molecular weight excluding hydrogens is 348 g/mol. The van der Waals surface area contributed by atoms with Crippen molar-refractivity contribution in [2.75, 3.05) is 13.4 Å². The Morgan fingerprint density at radius 1 is 0.926 bits per heavy atom. The van der Waals surface area contributed by atoms with Crippen LogP contribution in [0.4, 0.5) is 0 Å². The second-order valence-corrected chi connectivity index (χ2v) is 6.03. The van der Waals surface area contributed by atoms with E-state index in [9.17, 15) is 0 Å². The van der Waals surface area contributed by atoms with Crippen LogP contribution in [0, 0.1) is 0 Å². The number of hydrogen-bond acceptors (Lipinski definition) is 7. The maximum absolute atomic E-state index is 5.69. The largest absolute Gasteiger partial charge is 0.494 e. The summed E-state index contributed by atoms with van der Waals surface area (Å²) in [6, 6.07) is 13.0. The molecule has 0 saturated heterocycles. The summed E-state index contributed by atoms with van der Waals surface area (Å²) in [5.41, 5.74) is 0.833. The highest BCUT2D eigenvalue weighted by Crippen LogP contribution is 2.35. The van der Waals surface area contributed by atoms with Crippen LogP contribution in [0.15, 0.2) is 46.9 Å². The summed E-state index contributed by atoms with van der Waals surface area (Å²) in [4.78, 5) is 0. The summed E-state index contributed by atoms with van der Waals surface area (Å²) in [5.74, 6) is 3.69. The van der Waals surface area contributed by atoms with Crippen LogP contribution in [0.3, 0.4) is 0 Å². The number of nitrogens with zero attached hydrogens (tertiary/aromatic N) is 2. The zero-order valence-electron chi connectivity index (χ0n) is 15.0. The predicted molar refractivity (Wildman–Crippen MR) is 97.0 cm³/mol. The van der Waals surface area contributed by atoms with E-state index in [0.29, 0.717) is 29.0 Å². The van der Waals surface area contributed by atoms with Crippen LogP contribution in [0.1, 0.15) is 25.7 Å². The number of hydrogen-bond donors (Lipinski definition) is 0. The van der Waals surface area contributed by atoms with Gasteiger partial charge in [-0.25, -0.2) is 0 Å². The smallest absolute Gasteiger partial charge is 0.254 e. The van der Waals surface area contributed by atoms with Crippen LogP contribution in [0.5, 0.6) is 23.0 Å². The number of aromatic nitrogens is 2. The maximum atomic E-state index is 5.69. The van der Waals surface area contributed by atoms with E-state index in [0.717, 1.165) is 30.8 Å². The van der Waals surface area contributed by atoms with Crippen molar-refractivity contribution in [1.29, 1.82) is 0 Å². The molecule has 0 spiro atoms. The first kappa shape index (κ1) is 17.2. The van der Waals surface area contributed by atoms with Crippen LogP contribution >= 0.6 is 0 Å². The molecular formula is C20H20N2O5. The molecule has 1 aliphatic heterocycles. The third-order valence-corrected chi connectivity index (χ3v) is 4.04. The van der Waals surface area contributed by atoms with Gasteiger partial charge in [0.05, 0.1) is 6.61 Å². The molecule has 140 valence electrons. The van der Waals surface area contributed by atoms with Gasteiger partial charge >= 0.3 is 0 Å². The van der Waals surface area contributed by atoms with E-state index in [1.165, 1.54) is 0 Å². The predicted octanol–water partition coefficient (Wildman–Crippen LogP) is 4.22. The van der Waals surface area contributed by atoms with Gasteiger partial charge in [-0.1, -0.05) is 13.3 Å². The second kappa shape index (κ2) is 7.99. The first-order chi connectivity index (χ1) is 13.3. The zero-order valence-corrected chi connectivity index (χ0v) is 15.0. The minimum absolute atomic E-state index is 0.171. The van der Waals surface area contributed by atoms with Gasteiger partial charge in [-0.15, -0.1) is 10.2 Å². The van der Waals surface area contributed by atoms with Crippen molar-refractivity contribution in [3.8, 4) is 34.5 Å². The SMILES string of the molecule is CCCCOc1ccc(-c2nnc(COc3ccc4c(c3)OCO4)o2)cc1. The summed E-state index contributed by atoms with van der Waals surface area (Å²) >= 11 is 0. The fourth-order valence-electron chi connectivity index (χ4n) is 2.57. The fraction of sp³-hybridized carbons (Fsp3) is 0.300. The lowest BCUT2D eigenvalue weighted by molar-refractivity contribution is 0.173. The van der Waals surface area contributed by atoms with Crippen LogP contribution in [-0.4, -0.2) is 23.6 Å². The van der Waals surface area contributed by atoms with Gasteiger partial charge in [-0.05, 0) is 42.8 Å². The van der Waals surface area contributed by atoms with E-state index >= 15 is 0 Å². The van der Waals surface area contributed by atoms with Crippen LogP contribution in [-0.2, 0) is 6.61 Å². The number of ether oxygens (including phenoxy) is 4. The molecule has 1 aromatic heterocycles. The van der Waals surface area contributed by atoms with Crippen molar-refractivity contribution in [1.82, 2.24) is 10.2 Å². The zero-order chi connectivity index (χ0) is 18.5. The molecule has 27 heavy (non-hydrogen) atoms. The lowest BCUT2D eigenvalue weighted by Gasteiger charge is -2.05. The molecule has 4 rings (SSSR count). The molecule has 7 nitrogen and oxygen atoms in total. The van der Waals surface area contributed by atoms with Crippen molar-refractivity contribution in [3.63, 3.8) is 0 Å². The Morgan fingerprint density at radius 2 is 1.74 bits per heavy atom. The molecule has 0 aliphatic carbocycles. The highest BCUT2D eigenvalue weighted by Gasteiger charge is 2.15. The molecule has 0 bridgehead atoms. The minimum atomic E-state index is 0.171. The third-order valence-electron chi connectivity index (χ3n) is 4.04. The van der Waals surface area contributed by atoms with Gasteiger partial charge in [0.2, 0.25) is 12.7 Å². The Bertz CT molecular complexity index is 892. The molecule has 0 amide bonds. The standard InChI is InChI=1S/C20H20N2O5/c1-2-3-10-23-15-6-4-14(5-7-15)20-22-21-19(27-20)12-24-16-8-9-17-18(11-16)26-13-25-17/h4-9,11H,2-3,10,12-13H2,1H3. The van der Waals surface area contributed by atoms with Crippen molar-refractivity contribution < 1.29 is 23.4 Å². The highest BCUT2D eigenvalue weighted by atomic mass is 16.7. The van der Waals surface area contributed by atoms with Gasteiger partial charge in [-0.3, -0.25) is 0 Å². The summed E-state index contributed by atoms with van der Waals surface area (Å²) in [6.07, 6.45) is 2.15. The van der Waals surface area contributed by atoms with E-state index < -0.39 is 0 Å². The van der Waals surface area contributed by atoms with Gasteiger partial charge in [0.25, 0.3) is 5.89 Å². The molecule has 7 heteroatoms. The molecule has 2 aromatic carbocycles. The van der Waals surface area contributed by atoms with Crippen molar-refractivity contribution in [2.24, 2.45) is 0 Å². The molecule has 0 unspecified atom stereocenters. The summed E-state index contributed by atoms with van der Waals surface area (Å²) in [7, 11) is 0. The van der Waals surface area contributed by atoms with Gasteiger partial charge in [0, 0.05) is 11.6 Å². The van der Waals surface area contributed by atoms with Gasteiger partial charge in [0.15, 0.2) is 18.1 Å². The normalized spacial score (nSPS) is 12.2. The van der Waals surface area contributed by atoms with E-state index in [1.807, 2.05) is 30.3 Å². The summed E-state index contributed by atoms with van der Waals surface area (Å²) in [5, 5.41) is 8.11. The molecule has 2 heterocycles. The van der Waals surface area contributed by atoms with E-state index in [-0.39, 0.29) is 13.4 Å². The molecule has 0 fully saturated rings. The third kappa shape index (κ3) is 4.13. The first-order valence-corrected chi connectivity index (χ1v) is 8.90.